The number of likely N-dealkylation sites (N-methyl/N-ethyl adjacent to an activating group) is 1. The van der Waals surface area contributed by atoms with E-state index in [0.717, 1.165) is 64.2 Å². The lowest BCUT2D eigenvalue weighted by atomic mass is 10.1. The molecule has 2 N–H and O–H groups in total. The molecule has 0 aromatic carbocycles. The Bertz CT molecular complexity index is 840. The average molecular weight is 657 g/mol. The zero-order valence-electron chi connectivity index (χ0n) is 29.6. The molecule has 264 valence electrons. The molecule has 0 spiro atoms. The number of carbonyl (C=O) groups is 1. The van der Waals surface area contributed by atoms with Gasteiger partial charge in [0.2, 0.25) is 5.91 Å². The molecule has 0 aliphatic rings. The molecule has 9 heteroatoms. The third-order valence-corrected chi connectivity index (χ3v) is 8.56. The molecule has 0 saturated heterocycles. The van der Waals surface area contributed by atoms with E-state index in [4.69, 9.17) is 9.05 Å². The standard InChI is InChI=1S/C36H69N2O6P/c1-6-8-10-12-14-16-17-18-19-20-22-24-26-28-30-36(40)37-34(33-44-45(41,42)43-32-31-38(3,4)5)35(39)29-27-25-23-21-15-13-11-9-7-2/h12,14,17-18,27,29,34-35,39H,6-11,13,15-16,19-26,28,30-33H2,1-5H3,(H-,37,40,41,42)/b14-12-,18-17-,29-27+. The van der Waals surface area contributed by atoms with E-state index in [1.165, 1.54) is 51.4 Å². The van der Waals surface area contributed by atoms with Gasteiger partial charge in [-0.05, 0) is 44.9 Å². The van der Waals surface area contributed by atoms with E-state index in [2.05, 4.69) is 43.5 Å². The van der Waals surface area contributed by atoms with Crippen LogP contribution < -0.4 is 10.2 Å². The minimum absolute atomic E-state index is 0.00500. The van der Waals surface area contributed by atoms with E-state index >= 15 is 0 Å². The molecule has 3 atom stereocenters. The van der Waals surface area contributed by atoms with Crippen molar-refractivity contribution in [1.29, 1.82) is 0 Å². The summed E-state index contributed by atoms with van der Waals surface area (Å²) in [6.07, 6.45) is 31.9. The van der Waals surface area contributed by atoms with Gasteiger partial charge in [-0.15, -0.1) is 0 Å². The van der Waals surface area contributed by atoms with Crippen LogP contribution in [0.15, 0.2) is 36.5 Å². The molecule has 0 saturated carbocycles. The lowest BCUT2D eigenvalue weighted by Crippen LogP contribution is -2.45. The number of hydrogen-bond acceptors (Lipinski definition) is 6. The van der Waals surface area contributed by atoms with E-state index in [9.17, 15) is 19.4 Å². The van der Waals surface area contributed by atoms with Crippen LogP contribution in [0, 0.1) is 0 Å². The second-order valence-corrected chi connectivity index (χ2v) is 14.6. The van der Waals surface area contributed by atoms with Gasteiger partial charge in [0.25, 0.3) is 7.82 Å². The van der Waals surface area contributed by atoms with Crippen molar-refractivity contribution in [2.75, 3.05) is 40.9 Å². The van der Waals surface area contributed by atoms with Gasteiger partial charge in [-0.25, -0.2) is 0 Å². The van der Waals surface area contributed by atoms with Crippen LogP contribution in [-0.4, -0.2) is 68.5 Å². The van der Waals surface area contributed by atoms with Crippen LogP contribution in [0.5, 0.6) is 0 Å². The van der Waals surface area contributed by atoms with E-state index in [1.807, 2.05) is 27.2 Å². The number of unbranched alkanes of at least 4 members (excludes halogenated alkanes) is 14. The summed E-state index contributed by atoms with van der Waals surface area (Å²) in [5.41, 5.74) is 0. The molecule has 0 rings (SSSR count). The maximum Gasteiger partial charge on any atom is 0.268 e. The number of aliphatic hydroxyl groups is 1. The highest BCUT2D eigenvalue weighted by atomic mass is 31.2. The van der Waals surface area contributed by atoms with Crippen molar-refractivity contribution in [3.05, 3.63) is 36.5 Å². The number of nitrogens with zero attached hydrogens (tertiary/aromatic N) is 1. The SMILES string of the molecule is CCCC/C=C\C/C=C\CCCCCCCC(=O)NC(COP(=O)([O-])OCC[N+](C)(C)C)C(O)/C=C/CCCCCCCCC. The van der Waals surface area contributed by atoms with Crippen molar-refractivity contribution in [3.8, 4) is 0 Å². The minimum atomic E-state index is -4.58. The number of amides is 1. The average Bonchev–Trinajstić information content (AvgIpc) is 2.97. The summed E-state index contributed by atoms with van der Waals surface area (Å²) in [5, 5.41) is 13.6. The lowest BCUT2D eigenvalue weighted by molar-refractivity contribution is -0.870. The number of aliphatic hydroxyl groups excluding tert-OH is 1. The van der Waals surface area contributed by atoms with Crippen molar-refractivity contribution in [2.24, 2.45) is 0 Å². The first-order valence-electron chi connectivity index (χ1n) is 17.9. The summed E-state index contributed by atoms with van der Waals surface area (Å²) in [7, 11) is 1.24. The fourth-order valence-electron chi connectivity index (χ4n) is 4.64. The number of hydrogen-bond donors (Lipinski definition) is 2. The maximum atomic E-state index is 12.7. The molecule has 0 bridgehead atoms. The minimum Gasteiger partial charge on any atom is -0.756 e. The molecule has 0 aliphatic heterocycles. The van der Waals surface area contributed by atoms with E-state index in [-0.39, 0.29) is 19.1 Å². The second-order valence-electron chi connectivity index (χ2n) is 13.2. The predicted molar refractivity (Wildman–Crippen MR) is 187 cm³/mol. The molecule has 1 amide bonds. The number of quaternary nitrogens is 1. The van der Waals surface area contributed by atoms with Crippen LogP contribution in [0.4, 0.5) is 0 Å². The third-order valence-electron chi connectivity index (χ3n) is 7.59. The van der Waals surface area contributed by atoms with Crippen LogP contribution in [0.2, 0.25) is 0 Å². The summed E-state index contributed by atoms with van der Waals surface area (Å²) in [4.78, 5) is 25.0. The van der Waals surface area contributed by atoms with Gasteiger partial charge < -0.3 is 28.8 Å². The first kappa shape index (κ1) is 43.7. The quantitative estimate of drug-likeness (QED) is 0.0337. The first-order chi connectivity index (χ1) is 21.5. The zero-order valence-corrected chi connectivity index (χ0v) is 30.5. The molecule has 0 heterocycles. The Morgan fingerprint density at radius 1 is 0.778 bits per heavy atom. The summed E-state index contributed by atoms with van der Waals surface area (Å²) in [6, 6.07) is -0.889. The normalized spacial score (nSPS) is 15.3. The highest BCUT2D eigenvalue weighted by Crippen LogP contribution is 2.38. The monoisotopic (exact) mass is 656 g/mol. The Labute approximate surface area is 276 Å². The summed E-state index contributed by atoms with van der Waals surface area (Å²) < 4.78 is 23.0. The molecular formula is C36H69N2O6P. The van der Waals surface area contributed by atoms with Crippen molar-refractivity contribution in [3.63, 3.8) is 0 Å². The summed E-state index contributed by atoms with van der Waals surface area (Å²) in [6.45, 7) is 4.52. The van der Waals surface area contributed by atoms with Gasteiger partial charge in [-0.3, -0.25) is 9.36 Å². The molecule has 0 fully saturated rings. The highest BCUT2D eigenvalue weighted by Gasteiger charge is 2.23. The van der Waals surface area contributed by atoms with Crippen LogP contribution in [0.1, 0.15) is 136 Å². The van der Waals surface area contributed by atoms with Gasteiger partial charge in [0, 0.05) is 6.42 Å². The highest BCUT2D eigenvalue weighted by molar-refractivity contribution is 7.45. The Hall–Kier alpha value is -1.28. The Morgan fingerprint density at radius 2 is 1.31 bits per heavy atom. The molecular weight excluding hydrogens is 587 g/mol. The van der Waals surface area contributed by atoms with Crippen molar-refractivity contribution < 1.29 is 32.9 Å². The topological polar surface area (TPSA) is 108 Å². The van der Waals surface area contributed by atoms with Gasteiger partial charge in [0.15, 0.2) is 0 Å². The number of carbonyl (C=O) groups excluding carboxylic acids is 1. The van der Waals surface area contributed by atoms with Gasteiger partial charge in [0.05, 0.1) is 39.9 Å². The number of nitrogens with one attached hydrogen (secondary N) is 1. The van der Waals surface area contributed by atoms with Gasteiger partial charge >= 0.3 is 0 Å². The fourth-order valence-corrected chi connectivity index (χ4v) is 5.36. The molecule has 3 unspecified atom stereocenters. The first-order valence-corrected chi connectivity index (χ1v) is 19.3. The molecule has 0 radical (unpaired) electrons. The molecule has 45 heavy (non-hydrogen) atoms. The van der Waals surface area contributed by atoms with Crippen LogP contribution in [0.25, 0.3) is 0 Å². The maximum absolute atomic E-state index is 12.7. The van der Waals surface area contributed by atoms with Crippen LogP contribution in [-0.2, 0) is 18.4 Å². The third kappa shape index (κ3) is 31.1. The summed E-state index contributed by atoms with van der Waals surface area (Å²) in [5.74, 6) is -0.218. The lowest BCUT2D eigenvalue weighted by Gasteiger charge is -2.29. The Kier molecular flexibility index (Phi) is 28.1. The number of allylic oxidation sites excluding steroid dienone is 5. The number of rotatable bonds is 31. The van der Waals surface area contributed by atoms with Crippen molar-refractivity contribution >= 4 is 13.7 Å². The van der Waals surface area contributed by atoms with Gasteiger partial charge in [0.1, 0.15) is 13.2 Å². The van der Waals surface area contributed by atoms with E-state index < -0.39 is 20.0 Å². The molecule has 0 aromatic rings. The summed E-state index contributed by atoms with van der Waals surface area (Å²) >= 11 is 0. The zero-order chi connectivity index (χ0) is 33.7. The van der Waals surface area contributed by atoms with Crippen molar-refractivity contribution in [1.82, 2.24) is 5.32 Å². The van der Waals surface area contributed by atoms with Crippen molar-refractivity contribution in [2.45, 2.75) is 148 Å². The molecule has 0 aromatic heterocycles. The molecule has 8 nitrogen and oxygen atoms in total. The van der Waals surface area contributed by atoms with E-state index in [0.29, 0.717) is 17.4 Å². The number of phosphoric acid groups is 1. The second kappa shape index (κ2) is 28.9. The Morgan fingerprint density at radius 3 is 1.91 bits per heavy atom. The number of phosphoric ester groups is 1. The predicted octanol–water partition coefficient (Wildman–Crippen LogP) is 8.16. The molecule has 0 aliphatic carbocycles. The van der Waals surface area contributed by atoms with Crippen LogP contribution in [0.3, 0.4) is 0 Å². The van der Waals surface area contributed by atoms with E-state index in [1.54, 1.807) is 6.08 Å². The largest absolute Gasteiger partial charge is 0.756 e. The van der Waals surface area contributed by atoms with Crippen LogP contribution >= 0.6 is 7.82 Å². The smallest absolute Gasteiger partial charge is 0.268 e. The fraction of sp³-hybridized carbons (Fsp3) is 0.806. The van der Waals surface area contributed by atoms with Gasteiger partial charge in [-0.1, -0.05) is 121 Å². The Balaban J connectivity index is 4.58. The van der Waals surface area contributed by atoms with Gasteiger partial charge in [-0.2, -0.15) is 0 Å².